The summed E-state index contributed by atoms with van der Waals surface area (Å²) < 4.78 is 0. The molecular weight excluding hydrogens is 264 g/mol. The highest BCUT2D eigenvalue weighted by atomic mass is 16.4. The van der Waals surface area contributed by atoms with Crippen molar-refractivity contribution in [1.29, 1.82) is 0 Å². The van der Waals surface area contributed by atoms with Crippen LogP contribution in [0, 0.1) is 0 Å². The summed E-state index contributed by atoms with van der Waals surface area (Å²) in [7, 11) is 3.22. The highest BCUT2D eigenvalue weighted by Gasteiger charge is 2.18. The van der Waals surface area contributed by atoms with Gasteiger partial charge >= 0.3 is 18.0 Å². The monoisotopic (exact) mass is 288 g/mol. The van der Waals surface area contributed by atoms with Gasteiger partial charge in [0.25, 0.3) is 0 Å². The Morgan fingerprint density at radius 1 is 1.15 bits per heavy atom. The second-order valence-electron chi connectivity index (χ2n) is 4.56. The number of carboxylic acids is 1. The van der Waals surface area contributed by atoms with Gasteiger partial charge in [0, 0.05) is 27.2 Å². The summed E-state index contributed by atoms with van der Waals surface area (Å²) in [6, 6.07) is -1.68. The molecule has 0 saturated heterocycles. The number of nitrogens with one attached hydrogen (secondary N) is 3. The van der Waals surface area contributed by atoms with Crippen LogP contribution in [0.4, 0.5) is 9.59 Å². The Hall–Kier alpha value is -1.99. The Balaban J connectivity index is 3.90. The van der Waals surface area contributed by atoms with Crippen LogP contribution in [0.25, 0.3) is 0 Å². The lowest BCUT2D eigenvalue weighted by Gasteiger charge is -2.15. The van der Waals surface area contributed by atoms with Crippen molar-refractivity contribution in [3.63, 3.8) is 0 Å². The standard InChI is InChI=1S/C12H24N4O4/c1-4-5-6-9(10(17)18)15-11(19)13-7-8-14-12(20)16(2)3/h9H,4-8H2,1-3H3,(H,14,20)(H,17,18)(H2,13,15,19)/t9-/m0/s1. The minimum Gasteiger partial charge on any atom is -0.480 e. The molecule has 0 fully saturated rings. The van der Waals surface area contributed by atoms with E-state index in [9.17, 15) is 14.4 Å². The predicted octanol–water partition coefficient (Wildman–Crippen LogP) is 0.200. The van der Waals surface area contributed by atoms with Gasteiger partial charge in [0.1, 0.15) is 6.04 Å². The van der Waals surface area contributed by atoms with Gasteiger partial charge in [-0.2, -0.15) is 0 Å². The highest BCUT2D eigenvalue weighted by molar-refractivity contribution is 5.82. The molecule has 1 atom stereocenters. The third kappa shape index (κ3) is 8.17. The van der Waals surface area contributed by atoms with E-state index in [0.29, 0.717) is 6.42 Å². The average molecular weight is 288 g/mol. The zero-order valence-corrected chi connectivity index (χ0v) is 12.2. The van der Waals surface area contributed by atoms with Crippen LogP contribution < -0.4 is 16.0 Å². The Bertz CT molecular complexity index is 333. The molecule has 0 heterocycles. The van der Waals surface area contributed by atoms with Crippen molar-refractivity contribution in [2.45, 2.75) is 32.2 Å². The van der Waals surface area contributed by atoms with Gasteiger partial charge in [-0.05, 0) is 6.42 Å². The summed E-state index contributed by atoms with van der Waals surface area (Å²) in [4.78, 5) is 35.0. The third-order valence-electron chi connectivity index (χ3n) is 2.54. The second kappa shape index (κ2) is 9.88. The summed E-state index contributed by atoms with van der Waals surface area (Å²) in [5.74, 6) is -1.05. The number of hydrogen-bond donors (Lipinski definition) is 4. The molecule has 8 nitrogen and oxygen atoms in total. The van der Waals surface area contributed by atoms with E-state index in [4.69, 9.17) is 5.11 Å². The number of aliphatic carboxylic acids is 1. The molecule has 4 N–H and O–H groups in total. The highest BCUT2D eigenvalue weighted by Crippen LogP contribution is 2.00. The summed E-state index contributed by atoms with van der Waals surface area (Å²) in [5, 5.41) is 16.4. The first-order valence-corrected chi connectivity index (χ1v) is 6.60. The number of carbonyl (C=O) groups is 3. The van der Waals surface area contributed by atoms with Crippen LogP contribution in [0.15, 0.2) is 0 Å². The normalized spacial score (nSPS) is 11.3. The molecule has 0 aliphatic rings. The lowest BCUT2D eigenvalue weighted by Crippen LogP contribution is -2.48. The van der Waals surface area contributed by atoms with Crippen LogP contribution in [0.2, 0.25) is 0 Å². The molecule has 0 unspecified atom stereocenters. The minimum atomic E-state index is -1.05. The van der Waals surface area contributed by atoms with Crippen molar-refractivity contribution in [1.82, 2.24) is 20.9 Å². The summed E-state index contributed by atoms with van der Waals surface area (Å²) in [6.45, 7) is 2.45. The average Bonchev–Trinajstić information content (AvgIpc) is 2.38. The van der Waals surface area contributed by atoms with Crippen LogP contribution in [0.1, 0.15) is 26.2 Å². The number of carboxylic acid groups (broad SMARTS) is 1. The van der Waals surface area contributed by atoms with Crippen LogP contribution in [-0.2, 0) is 4.79 Å². The molecule has 0 radical (unpaired) electrons. The van der Waals surface area contributed by atoms with E-state index >= 15 is 0 Å². The molecule has 116 valence electrons. The van der Waals surface area contributed by atoms with Crippen molar-refractivity contribution in [3.05, 3.63) is 0 Å². The Labute approximate surface area is 118 Å². The number of amides is 4. The van der Waals surface area contributed by atoms with Crippen molar-refractivity contribution < 1.29 is 19.5 Å². The quantitative estimate of drug-likeness (QED) is 0.478. The lowest BCUT2D eigenvalue weighted by molar-refractivity contribution is -0.139. The third-order valence-corrected chi connectivity index (χ3v) is 2.54. The molecule has 0 aromatic heterocycles. The molecule has 0 rings (SSSR count). The molecule has 4 amide bonds. The van der Waals surface area contributed by atoms with Crippen molar-refractivity contribution in [2.75, 3.05) is 27.2 Å². The largest absolute Gasteiger partial charge is 0.480 e. The molecule has 0 aliphatic carbocycles. The lowest BCUT2D eigenvalue weighted by atomic mass is 10.1. The van der Waals surface area contributed by atoms with Gasteiger partial charge in [-0.25, -0.2) is 14.4 Å². The zero-order valence-electron chi connectivity index (χ0n) is 12.2. The van der Waals surface area contributed by atoms with Gasteiger partial charge in [0.15, 0.2) is 0 Å². The minimum absolute atomic E-state index is 0.228. The number of hydrogen-bond acceptors (Lipinski definition) is 3. The maximum absolute atomic E-state index is 11.5. The second-order valence-corrected chi connectivity index (χ2v) is 4.56. The number of rotatable bonds is 8. The molecule has 0 aliphatic heterocycles. The van der Waals surface area contributed by atoms with Gasteiger partial charge in [-0.1, -0.05) is 19.8 Å². The van der Waals surface area contributed by atoms with Gasteiger partial charge in [-0.15, -0.1) is 0 Å². The summed E-state index contributed by atoms with van der Waals surface area (Å²) >= 11 is 0. The molecule has 0 aromatic rings. The molecule has 0 saturated carbocycles. The van der Waals surface area contributed by atoms with E-state index in [2.05, 4.69) is 16.0 Å². The van der Waals surface area contributed by atoms with Crippen LogP contribution >= 0.6 is 0 Å². The van der Waals surface area contributed by atoms with E-state index < -0.39 is 18.0 Å². The van der Waals surface area contributed by atoms with Crippen molar-refractivity contribution in [2.24, 2.45) is 0 Å². The fourth-order valence-electron chi connectivity index (χ4n) is 1.38. The van der Waals surface area contributed by atoms with E-state index in [1.807, 2.05) is 6.92 Å². The molecular formula is C12H24N4O4. The van der Waals surface area contributed by atoms with Crippen molar-refractivity contribution in [3.8, 4) is 0 Å². The van der Waals surface area contributed by atoms with Gasteiger partial charge in [0.2, 0.25) is 0 Å². The Kier molecular flexibility index (Phi) is 8.89. The molecule has 8 heteroatoms. The van der Waals surface area contributed by atoms with Crippen molar-refractivity contribution >= 4 is 18.0 Å². The molecule has 0 bridgehead atoms. The van der Waals surface area contributed by atoms with Gasteiger partial charge in [0.05, 0.1) is 0 Å². The van der Waals surface area contributed by atoms with E-state index in [0.717, 1.165) is 12.8 Å². The first-order chi connectivity index (χ1) is 9.38. The SMILES string of the molecule is CCCC[C@H](NC(=O)NCCNC(=O)N(C)C)C(=O)O. The fourth-order valence-corrected chi connectivity index (χ4v) is 1.38. The maximum atomic E-state index is 11.5. The number of unbranched alkanes of at least 4 members (excludes halogenated alkanes) is 1. The first-order valence-electron chi connectivity index (χ1n) is 6.60. The molecule has 0 aromatic carbocycles. The van der Waals surface area contributed by atoms with E-state index in [1.165, 1.54) is 4.90 Å². The van der Waals surface area contributed by atoms with Crippen LogP contribution in [-0.4, -0.2) is 61.3 Å². The zero-order chi connectivity index (χ0) is 15.5. The van der Waals surface area contributed by atoms with Crippen LogP contribution in [0.5, 0.6) is 0 Å². The van der Waals surface area contributed by atoms with Gasteiger partial charge < -0.3 is 26.0 Å². The smallest absolute Gasteiger partial charge is 0.326 e. The van der Waals surface area contributed by atoms with Crippen LogP contribution in [0.3, 0.4) is 0 Å². The van der Waals surface area contributed by atoms with Gasteiger partial charge in [-0.3, -0.25) is 0 Å². The molecule has 20 heavy (non-hydrogen) atoms. The topological polar surface area (TPSA) is 111 Å². The Morgan fingerprint density at radius 2 is 1.75 bits per heavy atom. The molecule has 0 spiro atoms. The summed E-state index contributed by atoms with van der Waals surface area (Å²) in [5.41, 5.74) is 0. The number of carbonyl (C=O) groups excluding carboxylic acids is 2. The number of urea groups is 2. The Morgan fingerprint density at radius 3 is 2.25 bits per heavy atom. The number of nitrogens with zero attached hydrogens (tertiary/aromatic N) is 1. The van der Waals surface area contributed by atoms with E-state index in [1.54, 1.807) is 14.1 Å². The van der Waals surface area contributed by atoms with E-state index in [-0.39, 0.29) is 19.1 Å². The predicted molar refractivity (Wildman–Crippen MR) is 74.6 cm³/mol. The summed E-state index contributed by atoms with van der Waals surface area (Å²) in [6.07, 6.45) is 2.00. The fraction of sp³-hybridized carbons (Fsp3) is 0.750. The first kappa shape index (κ1) is 18.0. The maximum Gasteiger partial charge on any atom is 0.326 e.